The van der Waals surface area contributed by atoms with Gasteiger partial charge in [0.2, 0.25) is 0 Å². The standard InChI is InChI=1S/C17H17N3O2S/c1-20(17(21)16-8-9-18-19-16)11-13-4-6-14(7-5-13)22-12-15-3-2-10-23-15/h2-10H,11-12H2,1H3,(H,18,19). The quantitative estimate of drug-likeness (QED) is 0.755. The molecule has 6 heteroatoms. The summed E-state index contributed by atoms with van der Waals surface area (Å²) in [5.41, 5.74) is 1.53. The second-order valence-electron chi connectivity index (χ2n) is 5.14. The Kier molecular flexibility index (Phi) is 4.73. The second kappa shape index (κ2) is 7.11. The van der Waals surface area contributed by atoms with Crippen molar-refractivity contribution >= 4 is 17.2 Å². The highest BCUT2D eigenvalue weighted by Gasteiger charge is 2.13. The monoisotopic (exact) mass is 327 g/mol. The van der Waals surface area contributed by atoms with E-state index in [1.54, 1.807) is 35.5 Å². The zero-order chi connectivity index (χ0) is 16.1. The van der Waals surface area contributed by atoms with Gasteiger partial charge in [0.15, 0.2) is 0 Å². The van der Waals surface area contributed by atoms with Crippen molar-refractivity contribution in [3.8, 4) is 5.75 Å². The Morgan fingerprint density at radius 2 is 2.09 bits per heavy atom. The van der Waals surface area contributed by atoms with E-state index in [4.69, 9.17) is 4.74 Å². The number of benzene rings is 1. The zero-order valence-electron chi connectivity index (χ0n) is 12.7. The highest BCUT2D eigenvalue weighted by Crippen LogP contribution is 2.17. The second-order valence-corrected chi connectivity index (χ2v) is 6.18. The van der Waals surface area contributed by atoms with E-state index in [-0.39, 0.29) is 5.91 Å². The number of thiophene rings is 1. The molecule has 0 atom stereocenters. The first-order valence-corrected chi connectivity index (χ1v) is 8.09. The summed E-state index contributed by atoms with van der Waals surface area (Å²) in [5, 5.41) is 8.52. The number of ether oxygens (including phenoxy) is 1. The maximum absolute atomic E-state index is 12.1. The number of nitrogens with one attached hydrogen (secondary N) is 1. The normalized spacial score (nSPS) is 10.5. The van der Waals surface area contributed by atoms with Crippen LogP contribution in [0.4, 0.5) is 0 Å². The predicted octanol–water partition coefficient (Wildman–Crippen LogP) is 3.32. The molecular weight excluding hydrogens is 310 g/mol. The van der Waals surface area contributed by atoms with Gasteiger partial charge in [-0.1, -0.05) is 18.2 Å². The molecule has 1 N–H and O–H groups in total. The van der Waals surface area contributed by atoms with E-state index >= 15 is 0 Å². The summed E-state index contributed by atoms with van der Waals surface area (Å²) < 4.78 is 5.73. The smallest absolute Gasteiger partial charge is 0.271 e. The molecule has 3 aromatic rings. The number of hydrogen-bond acceptors (Lipinski definition) is 4. The maximum atomic E-state index is 12.1. The molecule has 0 saturated carbocycles. The summed E-state index contributed by atoms with van der Waals surface area (Å²) in [5.74, 6) is 0.741. The summed E-state index contributed by atoms with van der Waals surface area (Å²) >= 11 is 1.68. The van der Waals surface area contributed by atoms with Crippen LogP contribution in [0, 0.1) is 0 Å². The minimum atomic E-state index is -0.0829. The minimum Gasteiger partial charge on any atom is -0.488 e. The van der Waals surface area contributed by atoms with Crippen LogP contribution in [-0.2, 0) is 13.2 Å². The molecule has 0 radical (unpaired) electrons. The average Bonchev–Trinajstić information content (AvgIpc) is 3.27. The molecule has 118 valence electrons. The molecule has 0 aliphatic heterocycles. The molecule has 0 spiro atoms. The summed E-state index contributed by atoms with van der Waals surface area (Å²) in [6.07, 6.45) is 1.57. The third-order valence-corrected chi connectivity index (χ3v) is 4.23. The fraction of sp³-hybridized carbons (Fsp3) is 0.176. The Labute approximate surface area is 138 Å². The van der Waals surface area contributed by atoms with E-state index in [0.717, 1.165) is 11.3 Å². The molecule has 5 nitrogen and oxygen atoms in total. The van der Waals surface area contributed by atoms with Crippen molar-refractivity contribution in [2.75, 3.05) is 7.05 Å². The number of carbonyl (C=O) groups is 1. The number of carbonyl (C=O) groups excluding carboxylic acids is 1. The summed E-state index contributed by atoms with van der Waals surface area (Å²) in [6.45, 7) is 1.11. The summed E-state index contributed by atoms with van der Waals surface area (Å²) in [7, 11) is 1.77. The van der Waals surface area contributed by atoms with E-state index in [1.165, 1.54) is 4.88 Å². The molecular formula is C17H17N3O2S. The van der Waals surface area contributed by atoms with Crippen molar-refractivity contribution < 1.29 is 9.53 Å². The Morgan fingerprint density at radius 1 is 1.26 bits per heavy atom. The van der Waals surface area contributed by atoms with Crippen LogP contribution in [0.25, 0.3) is 0 Å². The van der Waals surface area contributed by atoms with Gasteiger partial charge in [0, 0.05) is 24.7 Å². The van der Waals surface area contributed by atoms with Gasteiger partial charge >= 0.3 is 0 Å². The van der Waals surface area contributed by atoms with Gasteiger partial charge in [-0.05, 0) is 35.2 Å². The zero-order valence-corrected chi connectivity index (χ0v) is 13.5. The minimum absolute atomic E-state index is 0.0829. The first-order chi connectivity index (χ1) is 11.2. The molecule has 1 aromatic carbocycles. The van der Waals surface area contributed by atoms with Crippen LogP contribution in [0.1, 0.15) is 20.9 Å². The van der Waals surface area contributed by atoms with Crippen molar-refractivity contribution in [1.82, 2.24) is 15.1 Å². The largest absolute Gasteiger partial charge is 0.488 e. The highest BCUT2D eigenvalue weighted by molar-refractivity contribution is 7.09. The molecule has 1 amide bonds. The van der Waals surface area contributed by atoms with Crippen LogP contribution in [0.5, 0.6) is 5.75 Å². The molecule has 0 aliphatic rings. The molecule has 0 bridgehead atoms. The van der Waals surface area contributed by atoms with Crippen molar-refractivity contribution in [2.24, 2.45) is 0 Å². The van der Waals surface area contributed by atoms with Gasteiger partial charge in [0.05, 0.1) is 0 Å². The van der Waals surface area contributed by atoms with Crippen molar-refractivity contribution in [1.29, 1.82) is 0 Å². The summed E-state index contributed by atoms with van der Waals surface area (Å²) in [4.78, 5) is 15.0. The molecule has 0 unspecified atom stereocenters. The van der Waals surface area contributed by atoms with Crippen LogP contribution < -0.4 is 4.74 Å². The van der Waals surface area contributed by atoms with Gasteiger partial charge in [0.25, 0.3) is 5.91 Å². The lowest BCUT2D eigenvalue weighted by Gasteiger charge is -2.16. The molecule has 0 saturated heterocycles. The lowest BCUT2D eigenvalue weighted by Crippen LogP contribution is -2.26. The Morgan fingerprint density at radius 3 is 2.74 bits per heavy atom. The van der Waals surface area contributed by atoms with Crippen molar-refractivity contribution in [3.63, 3.8) is 0 Å². The summed E-state index contributed by atoms with van der Waals surface area (Å²) in [6, 6.07) is 13.5. The van der Waals surface area contributed by atoms with Gasteiger partial charge in [-0.25, -0.2) is 0 Å². The van der Waals surface area contributed by atoms with Crippen LogP contribution in [0.3, 0.4) is 0 Å². The fourth-order valence-corrected chi connectivity index (χ4v) is 2.78. The molecule has 2 aromatic heterocycles. The van der Waals surface area contributed by atoms with Crippen LogP contribution in [-0.4, -0.2) is 28.1 Å². The first kappa shape index (κ1) is 15.3. The lowest BCUT2D eigenvalue weighted by atomic mass is 10.2. The van der Waals surface area contributed by atoms with E-state index in [9.17, 15) is 4.79 Å². The average molecular weight is 327 g/mol. The number of nitrogens with zero attached hydrogens (tertiary/aromatic N) is 2. The van der Waals surface area contributed by atoms with Crippen LogP contribution in [0.15, 0.2) is 54.0 Å². The fourth-order valence-electron chi connectivity index (χ4n) is 2.17. The lowest BCUT2D eigenvalue weighted by molar-refractivity contribution is 0.0779. The Balaban J connectivity index is 1.55. The Bertz CT molecular complexity index is 737. The van der Waals surface area contributed by atoms with Crippen LogP contribution in [0.2, 0.25) is 0 Å². The molecule has 0 aliphatic carbocycles. The third-order valence-electron chi connectivity index (χ3n) is 3.38. The van der Waals surface area contributed by atoms with E-state index < -0.39 is 0 Å². The van der Waals surface area contributed by atoms with Gasteiger partial charge in [-0.2, -0.15) is 5.10 Å². The SMILES string of the molecule is CN(Cc1ccc(OCc2cccs2)cc1)C(=O)c1ccn[nH]1. The van der Waals surface area contributed by atoms with E-state index in [0.29, 0.717) is 18.8 Å². The number of H-pyrrole nitrogens is 1. The van der Waals surface area contributed by atoms with Crippen molar-refractivity contribution in [2.45, 2.75) is 13.2 Å². The third kappa shape index (κ3) is 3.98. The van der Waals surface area contributed by atoms with Gasteiger partial charge in [-0.3, -0.25) is 9.89 Å². The molecule has 3 rings (SSSR count). The topological polar surface area (TPSA) is 58.2 Å². The molecule has 2 heterocycles. The maximum Gasteiger partial charge on any atom is 0.271 e. The number of hydrogen-bond donors (Lipinski definition) is 1. The number of rotatable bonds is 6. The van der Waals surface area contributed by atoms with Gasteiger partial charge < -0.3 is 9.64 Å². The van der Waals surface area contributed by atoms with Crippen molar-refractivity contribution in [3.05, 3.63) is 70.2 Å². The first-order valence-electron chi connectivity index (χ1n) is 7.21. The number of amides is 1. The van der Waals surface area contributed by atoms with Gasteiger partial charge in [-0.15, -0.1) is 11.3 Å². The Hall–Kier alpha value is -2.60. The molecule has 0 fully saturated rings. The molecule has 23 heavy (non-hydrogen) atoms. The number of aromatic nitrogens is 2. The van der Waals surface area contributed by atoms with Gasteiger partial charge in [0.1, 0.15) is 18.1 Å². The van der Waals surface area contributed by atoms with E-state index in [2.05, 4.69) is 16.3 Å². The highest BCUT2D eigenvalue weighted by atomic mass is 32.1. The predicted molar refractivity (Wildman–Crippen MR) is 89.5 cm³/mol. The van der Waals surface area contributed by atoms with E-state index in [1.807, 2.05) is 35.7 Å². The van der Waals surface area contributed by atoms with Crippen LogP contribution >= 0.6 is 11.3 Å². The number of aromatic amines is 1.